The first kappa shape index (κ1) is 11.7. The van der Waals surface area contributed by atoms with Crippen LogP contribution in [-0.4, -0.2) is 9.55 Å². The third-order valence-corrected chi connectivity index (χ3v) is 4.11. The van der Waals surface area contributed by atoms with Crippen LogP contribution >= 0.6 is 0 Å². The van der Waals surface area contributed by atoms with Gasteiger partial charge in [0.25, 0.3) is 0 Å². The molecule has 3 rings (SSSR count). The lowest BCUT2D eigenvalue weighted by molar-refractivity contribution is 0.609. The summed E-state index contributed by atoms with van der Waals surface area (Å²) in [4.78, 5) is 4.88. The van der Waals surface area contributed by atoms with Crippen molar-refractivity contribution in [3.05, 3.63) is 29.6 Å². The van der Waals surface area contributed by atoms with Crippen LogP contribution in [0.3, 0.4) is 0 Å². The van der Waals surface area contributed by atoms with Crippen LogP contribution < -0.4 is 5.73 Å². The van der Waals surface area contributed by atoms with Crippen LogP contribution in [0.5, 0.6) is 0 Å². The van der Waals surface area contributed by atoms with Crippen molar-refractivity contribution < 1.29 is 0 Å². The molecule has 1 aromatic heterocycles. The van der Waals surface area contributed by atoms with Crippen LogP contribution in [0.2, 0.25) is 0 Å². The van der Waals surface area contributed by atoms with E-state index in [-0.39, 0.29) is 0 Å². The Morgan fingerprint density at radius 3 is 2.78 bits per heavy atom. The first-order valence-electron chi connectivity index (χ1n) is 7.02. The van der Waals surface area contributed by atoms with Crippen molar-refractivity contribution in [1.29, 1.82) is 0 Å². The fourth-order valence-electron chi connectivity index (χ4n) is 3.15. The molecule has 3 heteroatoms. The Balaban J connectivity index is 2.12. The molecule has 18 heavy (non-hydrogen) atoms. The van der Waals surface area contributed by atoms with Crippen molar-refractivity contribution in [1.82, 2.24) is 9.55 Å². The number of nitrogens with two attached hydrogens (primary N) is 1. The van der Waals surface area contributed by atoms with Gasteiger partial charge in [0.05, 0.1) is 11.0 Å². The highest BCUT2D eigenvalue weighted by Crippen LogP contribution is 2.35. The van der Waals surface area contributed by atoms with E-state index in [0.29, 0.717) is 12.5 Å². The largest absolute Gasteiger partial charge is 0.328 e. The highest BCUT2D eigenvalue weighted by atomic mass is 15.1. The lowest BCUT2D eigenvalue weighted by Gasteiger charge is -2.11. The minimum absolute atomic E-state index is 0.591. The van der Waals surface area contributed by atoms with E-state index in [1.54, 1.807) is 0 Å². The summed E-state index contributed by atoms with van der Waals surface area (Å²) in [5.74, 6) is 1.96. The predicted molar refractivity (Wildman–Crippen MR) is 74.5 cm³/mol. The molecule has 1 saturated carbocycles. The molecule has 96 valence electrons. The lowest BCUT2D eigenvalue weighted by Crippen LogP contribution is -2.05. The quantitative estimate of drug-likeness (QED) is 0.899. The standard InChI is InChI=1S/C15H21N3/c1-2-18-14-8-7-11(10-16)9-13(14)17-15(18)12-5-3-4-6-12/h7-9,12H,2-6,10,16H2,1H3. The smallest absolute Gasteiger partial charge is 0.112 e. The van der Waals surface area contributed by atoms with E-state index >= 15 is 0 Å². The third-order valence-electron chi connectivity index (χ3n) is 4.11. The number of aromatic nitrogens is 2. The van der Waals surface area contributed by atoms with Gasteiger partial charge in [0.15, 0.2) is 0 Å². The van der Waals surface area contributed by atoms with Gasteiger partial charge in [-0.15, -0.1) is 0 Å². The van der Waals surface area contributed by atoms with Crippen molar-refractivity contribution in [2.45, 2.75) is 51.6 Å². The summed E-state index contributed by atoms with van der Waals surface area (Å²) in [6.45, 7) is 3.80. The van der Waals surface area contributed by atoms with E-state index < -0.39 is 0 Å². The number of fused-ring (bicyclic) bond motifs is 1. The number of rotatable bonds is 3. The monoisotopic (exact) mass is 243 g/mol. The lowest BCUT2D eigenvalue weighted by atomic mass is 10.1. The van der Waals surface area contributed by atoms with Crippen LogP contribution in [0.15, 0.2) is 18.2 Å². The topological polar surface area (TPSA) is 43.8 Å². The first-order chi connectivity index (χ1) is 8.83. The van der Waals surface area contributed by atoms with Gasteiger partial charge in [0.1, 0.15) is 5.82 Å². The Bertz CT molecular complexity index is 550. The molecule has 1 aromatic carbocycles. The molecule has 2 N–H and O–H groups in total. The van der Waals surface area contributed by atoms with Crippen LogP contribution in [-0.2, 0) is 13.1 Å². The summed E-state index contributed by atoms with van der Waals surface area (Å²) in [6, 6.07) is 6.43. The van der Waals surface area contributed by atoms with Crippen LogP contribution in [0, 0.1) is 0 Å². The van der Waals surface area contributed by atoms with E-state index in [9.17, 15) is 0 Å². The maximum absolute atomic E-state index is 5.71. The Hall–Kier alpha value is -1.35. The second-order valence-electron chi connectivity index (χ2n) is 5.22. The zero-order chi connectivity index (χ0) is 12.5. The fraction of sp³-hybridized carbons (Fsp3) is 0.533. The van der Waals surface area contributed by atoms with Gasteiger partial charge in [0, 0.05) is 19.0 Å². The van der Waals surface area contributed by atoms with Gasteiger partial charge >= 0.3 is 0 Å². The van der Waals surface area contributed by atoms with Crippen LogP contribution in [0.4, 0.5) is 0 Å². The van der Waals surface area contributed by atoms with Crippen molar-refractivity contribution in [3.63, 3.8) is 0 Å². The van der Waals surface area contributed by atoms with Gasteiger partial charge in [0.2, 0.25) is 0 Å². The molecule has 1 fully saturated rings. The number of hydrogen-bond acceptors (Lipinski definition) is 2. The molecule has 0 amide bonds. The third kappa shape index (κ3) is 1.83. The SMILES string of the molecule is CCn1c(C2CCCC2)nc2cc(CN)ccc21. The summed E-state index contributed by atoms with van der Waals surface area (Å²) in [5, 5.41) is 0. The summed E-state index contributed by atoms with van der Waals surface area (Å²) in [6.07, 6.45) is 5.30. The molecule has 3 nitrogen and oxygen atoms in total. The van der Waals surface area contributed by atoms with Crippen molar-refractivity contribution in [3.8, 4) is 0 Å². The number of nitrogens with zero attached hydrogens (tertiary/aromatic N) is 2. The van der Waals surface area contributed by atoms with Gasteiger partial charge in [-0.2, -0.15) is 0 Å². The molecule has 0 spiro atoms. The Morgan fingerprint density at radius 2 is 2.11 bits per heavy atom. The van der Waals surface area contributed by atoms with E-state index in [0.717, 1.165) is 12.1 Å². The fourth-order valence-corrected chi connectivity index (χ4v) is 3.15. The van der Waals surface area contributed by atoms with E-state index in [1.807, 2.05) is 0 Å². The Kier molecular flexibility index (Phi) is 3.08. The normalized spacial score (nSPS) is 16.8. The number of aryl methyl sites for hydroxylation is 1. The van der Waals surface area contributed by atoms with Gasteiger partial charge < -0.3 is 10.3 Å². The average Bonchev–Trinajstić information content (AvgIpc) is 3.04. The number of imidazole rings is 1. The van der Waals surface area contributed by atoms with Crippen LogP contribution in [0.25, 0.3) is 11.0 Å². The van der Waals surface area contributed by atoms with Crippen molar-refractivity contribution >= 4 is 11.0 Å². The van der Waals surface area contributed by atoms with Gasteiger partial charge in [-0.3, -0.25) is 0 Å². The highest BCUT2D eigenvalue weighted by Gasteiger charge is 2.23. The minimum Gasteiger partial charge on any atom is -0.328 e. The Labute approximate surface area is 108 Å². The summed E-state index contributed by atoms with van der Waals surface area (Å²) in [5.41, 5.74) is 9.25. The molecule has 1 heterocycles. The zero-order valence-electron chi connectivity index (χ0n) is 11.0. The molecule has 0 aliphatic heterocycles. The number of hydrogen-bond donors (Lipinski definition) is 1. The summed E-state index contributed by atoms with van der Waals surface area (Å²) < 4.78 is 2.38. The van der Waals surface area contributed by atoms with Gasteiger partial charge in [-0.25, -0.2) is 4.98 Å². The van der Waals surface area contributed by atoms with Crippen molar-refractivity contribution in [2.24, 2.45) is 5.73 Å². The summed E-state index contributed by atoms with van der Waals surface area (Å²) in [7, 11) is 0. The van der Waals surface area contributed by atoms with Crippen molar-refractivity contribution in [2.75, 3.05) is 0 Å². The van der Waals surface area contributed by atoms with E-state index in [4.69, 9.17) is 10.7 Å². The minimum atomic E-state index is 0.591. The molecular formula is C15H21N3. The second-order valence-corrected chi connectivity index (χ2v) is 5.22. The van der Waals surface area contributed by atoms with Gasteiger partial charge in [-0.1, -0.05) is 18.9 Å². The Morgan fingerprint density at radius 1 is 1.33 bits per heavy atom. The molecule has 1 aliphatic carbocycles. The molecule has 0 atom stereocenters. The molecule has 2 aromatic rings. The zero-order valence-corrected chi connectivity index (χ0v) is 11.0. The molecule has 0 radical (unpaired) electrons. The van der Waals surface area contributed by atoms with E-state index in [1.165, 1.54) is 42.6 Å². The van der Waals surface area contributed by atoms with E-state index in [2.05, 4.69) is 29.7 Å². The predicted octanol–water partition coefficient (Wildman–Crippen LogP) is 3.17. The second kappa shape index (κ2) is 4.73. The average molecular weight is 243 g/mol. The van der Waals surface area contributed by atoms with Gasteiger partial charge in [-0.05, 0) is 37.5 Å². The molecule has 1 aliphatic rings. The number of benzene rings is 1. The molecule has 0 saturated heterocycles. The maximum atomic E-state index is 5.71. The highest BCUT2D eigenvalue weighted by molar-refractivity contribution is 5.77. The molecular weight excluding hydrogens is 222 g/mol. The maximum Gasteiger partial charge on any atom is 0.112 e. The summed E-state index contributed by atoms with van der Waals surface area (Å²) >= 11 is 0. The van der Waals surface area contributed by atoms with Crippen LogP contribution in [0.1, 0.15) is 49.9 Å². The molecule has 0 unspecified atom stereocenters. The molecule has 0 bridgehead atoms. The first-order valence-corrected chi connectivity index (χ1v) is 7.02.